The highest BCUT2D eigenvalue weighted by Crippen LogP contribution is 2.24. The molecule has 0 fully saturated rings. The largest absolute Gasteiger partial charge is 0.253 e. The molecule has 0 bridgehead atoms. The highest BCUT2D eigenvalue weighted by atomic mass is 35.5. The molecular formula is C13H14ClN. The Kier molecular flexibility index (Phi) is 2.92. The van der Waals surface area contributed by atoms with Crippen molar-refractivity contribution in [3.63, 3.8) is 0 Å². The maximum atomic E-state index is 6.23. The second-order valence-electron chi connectivity index (χ2n) is 3.65. The van der Waals surface area contributed by atoms with Gasteiger partial charge in [-0.2, -0.15) is 0 Å². The minimum atomic E-state index is 0.812. The first-order valence-electron chi connectivity index (χ1n) is 5.32. The maximum absolute atomic E-state index is 6.23. The Morgan fingerprint density at radius 1 is 1.13 bits per heavy atom. The molecule has 1 nitrogen and oxygen atoms in total. The zero-order chi connectivity index (χ0) is 10.8. The van der Waals surface area contributed by atoms with Crippen molar-refractivity contribution in [2.45, 2.75) is 26.7 Å². The minimum Gasteiger partial charge on any atom is -0.253 e. The van der Waals surface area contributed by atoms with Crippen molar-refractivity contribution in [1.82, 2.24) is 4.98 Å². The van der Waals surface area contributed by atoms with Crippen LogP contribution in [0.3, 0.4) is 0 Å². The smallest absolute Gasteiger partial charge is 0.0720 e. The van der Waals surface area contributed by atoms with Crippen molar-refractivity contribution in [2.24, 2.45) is 0 Å². The van der Waals surface area contributed by atoms with Crippen LogP contribution in [-0.2, 0) is 12.8 Å². The Labute approximate surface area is 95.1 Å². The van der Waals surface area contributed by atoms with Crippen molar-refractivity contribution in [3.05, 3.63) is 40.5 Å². The first-order valence-corrected chi connectivity index (χ1v) is 5.70. The third-order valence-electron chi connectivity index (χ3n) is 2.65. The summed E-state index contributed by atoms with van der Waals surface area (Å²) in [6.07, 6.45) is 1.95. The monoisotopic (exact) mass is 219 g/mol. The number of halogens is 1. The second kappa shape index (κ2) is 4.19. The molecule has 1 heterocycles. The van der Waals surface area contributed by atoms with Gasteiger partial charge in [0.25, 0.3) is 0 Å². The summed E-state index contributed by atoms with van der Waals surface area (Å²) in [6, 6.07) is 8.26. The number of benzene rings is 1. The molecule has 0 saturated carbocycles. The first-order chi connectivity index (χ1) is 7.24. The van der Waals surface area contributed by atoms with Crippen LogP contribution in [-0.4, -0.2) is 4.98 Å². The van der Waals surface area contributed by atoms with E-state index in [9.17, 15) is 0 Å². The van der Waals surface area contributed by atoms with Crippen LogP contribution < -0.4 is 0 Å². The van der Waals surface area contributed by atoms with Gasteiger partial charge in [-0.05, 0) is 36.6 Å². The third kappa shape index (κ3) is 1.98. The number of rotatable bonds is 2. The van der Waals surface area contributed by atoms with E-state index >= 15 is 0 Å². The molecule has 0 spiro atoms. The van der Waals surface area contributed by atoms with Crippen LogP contribution >= 0.6 is 11.6 Å². The van der Waals surface area contributed by atoms with Crippen molar-refractivity contribution in [3.8, 4) is 0 Å². The van der Waals surface area contributed by atoms with Gasteiger partial charge in [0.2, 0.25) is 0 Å². The van der Waals surface area contributed by atoms with Gasteiger partial charge >= 0.3 is 0 Å². The van der Waals surface area contributed by atoms with Crippen molar-refractivity contribution in [2.75, 3.05) is 0 Å². The summed E-state index contributed by atoms with van der Waals surface area (Å²) in [5, 5.41) is 1.88. The van der Waals surface area contributed by atoms with Gasteiger partial charge in [-0.3, -0.25) is 4.98 Å². The van der Waals surface area contributed by atoms with Crippen LogP contribution in [0, 0.1) is 0 Å². The second-order valence-corrected chi connectivity index (χ2v) is 4.06. The lowest BCUT2D eigenvalue weighted by atomic mass is 10.1. The molecule has 1 aromatic heterocycles. The van der Waals surface area contributed by atoms with E-state index in [4.69, 9.17) is 11.6 Å². The molecule has 2 aromatic rings. The fourth-order valence-corrected chi connectivity index (χ4v) is 1.96. The Bertz CT molecular complexity index is 491. The van der Waals surface area contributed by atoms with E-state index in [-0.39, 0.29) is 0 Å². The van der Waals surface area contributed by atoms with E-state index in [1.807, 2.05) is 6.07 Å². The van der Waals surface area contributed by atoms with Gasteiger partial charge in [0.1, 0.15) is 0 Å². The number of hydrogen-bond acceptors (Lipinski definition) is 1. The van der Waals surface area contributed by atoms with Gasteiger partial charge in [-0.15, -0.1) is 0 Å². The normalized spacial score (nSPS) is 10.9. The van der Waals surface area contributed by atoms with E-state index in [0.29, 0.717) is 0 Å². The molecule has 0 saturated heterocycles. The van der Waals surface area contributed by atoms with E-state index in [1.165, 1.54) is 5.56 Å². The van der Waals surface area contributed by atoms with E-state index in [2.05, 4.69) is 37.0 Å². The van der Waals surface area contributed by atoms with Crippen LogP contribution in [0.4, 0.5) is 0 Å². The lowest BCUT2D eigenvalue weighted by Gasteiger charge is -2.05. The maximum Gasteiger partial charge on any atom is 0.0720 e. The Morgan fingerprint density at radius 3 is 2.60 bits per heavy atom. The number of pyridine rings is 1. The average molecular weight is 220 g/mol. The molecule has 0 N–H and O–H groups in total. The number of nitrogens with zero attached hydrogens (tertiary/aromatic N) is 1. The molecule has 0 aliphatic rings. The van der Waals surface area contributed by atoms with E-state index < -0.39 is 0 Å². The van der Waals surface area contributed by atoms with E-state index in [0.717, 1.165) is 34.5 Å². The summed E-state index contributed by atoms with van der Waals surface area (Å²) in [6.45, 7) is 4.23. The first kappa shape index (κ1) is 10.4. The Hall–Kier alpha value is -1.08. The molecule has 0 aliphatic carbocycles. The highest BCUT2D eigenvalue weighted by molar-refractivity contribution is 6.35. The molecule has 2 heteroatoms. The average Bonchev–Trinajstić information content (AvgIpc) is 2.28. The summed E-state index contributed by atoms with van der Waals surface area (Å²) < 4.78 is 0. The lowest BCUT2D eigenvalue weighted by molar-refractivity contribution is 1.06. The van der Waals surface area contributed by atoms with Crippen LogP contribution in [0.1, 0.15) is 25.1 Å². The molecule has 15 heavy (non-hydrogen) atoms. The zero-order valence-corrected chi connectivity index (χ0v) is 9.80. The fourth-order valence-electron chi connectivity index (χ4n) is 1.68. The molecule has 78 valence electrons. The Balaban J connectivity index is 2.68. The summed E-state index contributed by atoms with van der Waals surface area (Å²) in [5.74, 6) is 0. The quantitative estimate of drug-likeness (QED) is 0.744. The van der Waals surface area contributed by atoms with Crippen molar-refractivity contribution >= 4 is 22.5 Å². The predicted molar refractivity (Wildman–Crippen MR) is 65.5 cm³/mol. The summed E-state index contributed by atoms with van der Waals surface area (Å²) >= 11 is 6.23. The third-order valence-corrected chi connectivity index (χ3v) is 2.96. The van der Waals surface area contributed by atoms with Crippen molar-refractivity contribution in [1.29, 1.82) is 0 Å². The van der Waals surface area contributed by atoms with Gasteiger partial charge in [-0.25, -0.2) is 0 Å². The van der Waals surface area contributed by atoms with E-state index in [1.54, 1.807) is 0 Å². The van der Waals surface area contributed by atoms with Gasteiger partial charge in [0.15, 0.2) is 0 Å². The molecular weight excluding hydrogens is 206 g/mol. The van der Waals surface area contributed by atoms with Gasteiger partial charge in [0.05, 0.1) is 10.5 Å². The van der Waals surface area contributed by atoms with Crippen molar-refractivity contribution < 1.29 is 0 Å². The molecule has 2 rings (SSSR count). The van der Waals surface area contributed by atoms with Gasteiger partial charge < -0.3 is 0 Å². The predicted octanol–water partition coefficient (Wildman–Crippen LogP) is 4.01. The number of fused-ring (bicyclic) bond motifs is 1. The lowest BCUT2D eigenvalue weighted by Crippen LogP contribution is -1.90. The molecule has 0 atom stereocenters. The molecule has 0 unspecified atom stereocenters. The SMILES string of the molecule is CCc1ccc2nc(CC)cc(Cl)c2c1. The number of aromatic nitrogens is 1. The summed E-state index contributed by atoms with van der Waals surface area (Å²) in [5.41, 5.74) is 3.35. The number of aryl methyl sites for hydroxylation is 2. The minimum absolute atomic E-state index is 0.812. The molecule has 0 aliphatic heterocycles. The van der Waals surface area contributed by atoms with Gasteiger partial charge in [-0.1, -0.05) is 31.5 Å². The number of hydrogen-bond donors (Lipinski definition) is 0. The highest BCUT2D eigenvalue weighted by Gasteiger charge is 2.03. The Morgan fingerprint density at radius 2 is 1.93 bits per heavy atom. The summed E-state index contributed by atoms with van der Waals surface area (Å²) in [7, 11) is 0. The summed E-state index contributed by atoms with van der Waals surface area (Å²) in [4.78, 5) is 4.55. The van der Waals surface area contributed by atoms with Crippen LogP contribution in [0.15, 0.2) is 24.3 Å². The molecule has 0 radical (unpaired) electrons. The topological polar surface area (TPSA) is 12.9 Å². The molecule has 0 amide bonds. The van der Waals surface area contributed by atoms with Crippen LogP contribution in [0.25, 0.3) is 10.9 Å². The zero-order valence-electron chi connectivity index (χ0n) is 9.05. The van der Waals surface area contributed by atoms with Crippen LogP contribution in [0.2, 0.25) is 5.02 Å². The van der Waals surface area contributed by atoms with Crippen LogP contribution in [0.5, 0.6) is 0 Å². The fraction of sp³-hybridized carbons (Fsp3) is 0.308. The molecule has 1 aromatic carbocycles. The van der Waals surface area contributed by atoms with Gasteiger partial charge in [0, 0.05) is 11.1 Å². The standard InChI is InChI=1S/C13H14ClN/c1-3-9-5-6-13-11(7-9)12(14)8-10(4-2)15-13/h5-8H,3-4H2,1-2H3.